The Hall–Kier alpha value is -1.71. The first kappa shape index (κ1) is 12.7. The Morgan fingerprint density at radius 2 is 1.78 bits per heavy atom. The maximum atomic E-state index is 5.72. The molecule has 0 aliphatic carbocycles. The number of hydrazine groups is 1. The molecule has 0 aliphatic rings. The van der Waals surface area contributed by atoms with Gasteiger partial charge in [-0.25, -0.2) is 5.43 Å². The zero-order valence-corrected chi connectivity index (χ0v) is 11.1. The number of hydrogen-bond donors (Lipinski definition) is 2. The molecule has 2 aromatic rings. The van der Waals surface area contributed by atoms with Crippen molar-refractivity contribution in [1.82, 2.24) is 10.4 Å². The molecule has 0 amide bonds. The highest BCUT2D eigenvalue weighted by Crippen LogP contribution is 2.24. The second kappa shape index (κ2) is 5.29. The molecule has 0 saturated carbocycles. The smallest absolute Gasteiger partial charge is 0.0884 e. The zero-order valence-electron chi connectivity index (χ0n) is 11.1. The van der Waals surface area contributed by atoms with Gasteiger partial charge in [-0.05, 0) is 49.6 Å². The Morgan fingerprint density at radius 1 is 1.06 bits per heavy atom. The third-order valence-electron chi connectivity index (χ3n) is 3.33. The van der Waals surface area contributed by atoms with E-state index in [1.54, 1.807) is 0 Å². The molecule has 94 valence electrons. The molecule has 1 atom stereocenters. The number of aryl methyl sites for hydroxylation is 2. The van der Waals surface area contributed by atoms with Crippen LogP contribution in [0.1, 0.15) is 34.1 Å². The van der Waals surface area contributed by atoms with Gasteiger partial charge in [-0.15, -0.1) is 0 Å². The normalized spacial score (nSPS) is 12.4. The van der Waals surface area contributed by atoms with Crippen LogP contribution in [0.15, 0.2) is 36.4 Å². The second-order valence-electron chi connectivity index (χ2n) is 4.59. The number of nitrogens with zero attached hydrogens (tertiary/aromatic N) is 1. The topological polar surface area (TPSA) is 50.9 Å². The van der Waals surface area contributed by atoms with Crippen molar-refractivity contribution in [2.45, 2.75) is 26.8 Å². The van der Waals surface area contributed by atoms with Crippen LogP contribution < -0.4 is 11.3 Å². The Bertz CT molecular complexity index is 549. The van der Waals surface area contributed by atoms with Crippen LogP contribution in [0.2, 0.25) is 0 Å². The molecule has 0 bridgehead atoms. The molecule has 1 heterocycles. The van der Waals surface area contributed by atoms with E-state index in [1.807, 2.05) is 25.1 Å². The van der Waals surface area contributed by atoms with Gasteiger partial charge in [0.1, 0.15) is 0 Å². The predicted molar refractivity (Wildman–Crippen MR) is 74.1 cm³/mol. The lowest BCUT2D eigenvalue weighted by molar-refractivity contribution is 0.615. The molecule has 1 aromatic carbocycles. The van der Waals surface area contributed by atoms with E-state index in [-0.39, 0.29) is 6.04 Å². The molecular weight excluding hydrogens is 222 g/mol. The first-order valence-electron chi connectivity index (χ1n) is 6.09. The Morgan fingerprint density at radius 3 is 2.44 bits per heavy atom. The van der Waals surface area contributed by atoms with E-state index in [2.05, 4.69) is 42.5 Å². The fraction of sp³-hybridized carbons (Fsp3) is 0.267. The third kappa shape index (κ3) is 2.42. The molecule has 1 aromatic heterocycles. The summed E-state index contributed by atoms with van der Waals surface area (Å²) in [7, 11) is 0. The third-order valence-corrected chi connectivity index (χ3v) is 3.33. The van der Waals surface area contributed by atoms with Crippen molar-refractivity contribution < 1.29 is 0 Å². The van der Waals surface area contributed by atoms with Gasteiger partial charge in [0, 0.05) is 5.69 Å². The minimum atomic E-state index is -0.0650. The van der Waals surface area contributed by atoms with Gasteiger partial charge in [-0.2, -0.15) is 0 Å². The Balaban J connectivity index is 2.49. The Labute approximate surface area is 108 Å². The molecule has 2 rings (SSSR count). The van der Waals surface area contributed by atoms with Gasteiger partial charge >= 0.3 is 0 Å². The molecule has 0 spiro atoms. The maximum absolute atomic E-state index is 5.72. The van der Waals surface area contributed by atoms with Crippen LogP contribution >= 0.6 is 0 Å². The lowest BCUT2D eigenvalue weighted by Crippen LogP contribution is -2.30. The molecule has 3 nitrogen and oxygen atoms in total. The molecule has 18 heavy (non-hydrogen) atoms. The summed E-state index contributed by atoms with van der Waals surface area (Å²) in [6.45, 7) is 6.21. The van der Waals surface area contributed by atoms with Crippen molar-refractivity contribution in [1.29, 1.82) is 0 Å². The fourth-order valence-corrected chi connectivity index (χ4v) is 2.15. The van der Waals surface area contributed by atoms with E-state index in [1.165, 1.54) is 16.7 Å². The van der Waals surface area contributed by atoms with Crippen molar-refractivity contribution in [2.24, 2.45) is 5.84 Å². The molecule has 3 N–H and O–H groups in total. The number of aromatic nitrogens is 1. The number of rotatable bonds is 3. The van der Waals surface area contributed by atoms with Gasteiger partial charge in [0.25, 0.3) is 0 Å². The molecule has 3 heteroatoms. The summed E-state index contributed by atoms with van der Waals surface area (Å²) >= 11 is 0. The maximum Gasteiger partial charge on any atom is 0.0884 e. The van der Waals surface area contributed by atoms with Crippen LogP contribution in [-0.2, 0) is 0 Å². The van der Waals surface area contributed by atoms with Gasteiger partial charge in [-0.1, -0.05) is 24.3 Å². The van der Waals surface area contributed by atoms with Crippen LogP contribution in [0.25, 0.3) is 0 Å². The summed E-state index contributed by atoms with van der Waals surface area (Å²) in [5.74, 6) is 5.72. The number of nitrogens with one attached hydrogen (secondary N) is 1. The summed E-state index contributed by atoms with van der Waals surface area (Å²) < 4.78 is 0. The molecule has 0 aliphatic heterocycles. The standard InChI is InChI=1S/C15H19N3/c1-10-6-4-8-13(12(10)3)15(18-16)14-9-5-7-11(2)17-14/h4-9,15,18H,16H2,1-3H3. The monoisotopic (exact) mass is 241 g/mol. The molecule has 1 unspecified atom stereocenters. The van der Waals surface area contributed by atoms with Crippen molar-refractivity contribution in [2.75, 3.05) is 0 Å². The summed E-state index contributed by atoms with van der Waals surface area (Å²) in [6, 6.07) is 12.2. The fourth-order valence-electron chi connectivity index (χ4n) is 2.15. The van der Waals surface area contributed by atoms with E-state index in [0.29, 0.717) is 0 Å². The SMILES string of the molecule is Cc1cccc(C(NN)c2cccc(C)c2C)n1. The van der Waals surface area contributed by atoms with Gasteiger partial charge < -0.3 is 0 Å². The lowest BCUT2D eigenvalue weighted by atomic mass is 9.95. The highest BCUT2D eigenvalue weighted by Gasteiger charge is 2.16. The summed E-state index contributed by atoms with van der Waals surface area (Å²) in [6.07, 6.45) is 0. The predicted octanol–water partition coefficient (Wildman–Crippen LogP) is 2.56. The van der Waals surface area contributed by atoms with Gasteiger partial charge in [-0.3, -0.25) is 10.8 Å². The van der Waals surface area contributed by atoms with E-state index < -0.39 is 0 Å². The van der Waals surface area contributed by atoms with Crippen molar-refractivity contribution in [3.8, 4) is 0 Å². The lowest BCUT2D eigenvalue weighted by Gasteiger charge is -2.19. The van der Waals surface area contributed by atoms with Crippen LogP contribution in [0, 0.1) is 20.8 Å². The average Bonchev–Trinajstić information content (AvgIpc) is 2.35. The second-order valence-corrected chi connectivity index (χ2v) is 4.59. The average molecular weight is 241 g/mol. The number of hydrogen-bond acceptors (Lipinski definition) is 3. The molecule has 0 fully saturated rings. The number of benzene rings is 1. The van der Waals surface area contributed by atoms with Crippen LogP contribution in [0.3, 0.4) is 0 Å². The largest absolute Gasteiger partial charge is 0.271 e. The van der Waals surface area contributed by atoms with E-state index in [0.717, 1.165) is 11.4 Å². The van der Waals surface area contributed by atoms with Crippen LogP contribution in [-0.4, -0.2) is 4.98 Å². The molecule has 0 radical (unpaired) electrons. The highest BCUT2D eigenvalue weighted by molar-refractivity contribution is 5.39. The summed E-state index contributed by atoms with van der Waals surface area (Å²) in [5, 5.41) is 0. The quantitative estimate of drug-likeness (QED) is 0.641. The van der Waals surface area contributed by atoms with E-state index >= 15 is 0 Å². The van der Waals surface area contributed by atoms with Gasteiger partial charge in [0.15, 0.2) is 0 Å². The van der Waals surface area contributed by atoms with Crippen LogP contribution in [0.5, 0.6) is 0 Å². The minimum Gasteiger partial charge on any atom is -0.271 e. The first-order chi connectivity index (χ1) is 8.63. The van der Waals surface area contributed by atoms with Gasteiger partial charge in [0.05, 0.1) is 11.7 Å². The zero-order chi connectivity index (χ0) is 13.1. The highest BCUT2D eigenvalue weighted by atomic mass is 15.2. The number of nitrogens with two attached hydrogens (primary N) is 1. The van der Waals surface area contributed by atoms with Crippen molar-refractivity contribution >= 4 is 0 Å². The van der Waals surface area contributed by atoms with E-state index in [4.69, 9.17) is 5.84 Å². The first-order valence-corrected chi connectivity index (χ1v) is 6.09. The van der Waals surface area contributed by atoms with Gasteiger partial charge in [0.2, 0.25) is 0 Å². The minimum absolute atomic E-state index is 0.0650. The van der Waals surface area contributed by atoms with E-state index in [9.17, 15) is 0 Å². The molecule has 0 saturated heterocycles. The molecular formula is C15H19N3. The summed E-state index contributed by atoms with van der Waals surface area (Å²) in [5.41, 5.74) is 8.51. The summed E-state index contributed by atoms with van der Waals surface area (Å²) in [4.78, 5) is 4.55. The number of pyridine rings is 1. The van der Waals surface area contributed by atoms with Crippen molar-refractivity contribution in [3.63, 3.8) is 0 Å². The van der Waals surface area contributed by atoms with Crippen LogP contribution in [0.4, 0.5) is 0 Å². The Kier molecular flexibility index (Phi) is 3.75. The van der Waals surface area contributed by atoms with Crippen molar-refractivity contribution in [3.05, 3.63) is 64.5 Å².